The van der Waals surface area contributed by atoms with E-state index in [-0.39, 0.29) is 0 Å². The Labute approximate surface area is 105 Å². The number of benzene rings is 1. The monoisotopic (exact) mass is 247 g/mol. The van der Waals surface area contributed by atoms with E-state index in [9.17, 15) is 0 Å². The second-order valence-electron chi connectivity index (χ2n) is 4.86. The van der Waals surface area contributed by atoms with Gasteiger partial charge in [0.25, 0.3) is 0 Å². The number of hydrogen-bond donors (Lipinski definition) is 1. The van der Waals surface area contributed by atoms with E-state index in [2.05, 4.69) is 34.4 Å². The summed E-state index contributed by atoms with van der Waals surface area (Å²) in [7, 11) is 0. The number of rotatable bonds is 2. The van der Waals surface area contributed by atoms with E-state index in [1.54, 1.807) is 11.5 Å². The molecule has 2 N–H and O–H groups in total. The summed E-state index contributed by atoms with van der Waals surface area (Å²) in [5.41, 5.74) is 7.10. The summed E-state index contributed by atoms with van der Waals surface area (Å²) in [4.78, 5) is 2.44. The van der Waals surface area contributed by atoms with E-state index in [0.717, 1.165) is 18.6 Å². The highest BCUT2D eigenvalue weighted by atomic mass is 32.1. The van der Waals surface area contributed by atoms with Crippen molar-refractivity contribution in [2.45, 2.75) is 19.4 Å². The van der Waals surface area contributed by atoms with Crippen molar-refractivity contribution in [2.75, 3.05) is 18.0 Å². The topological polar surface area (TPSA) is 42.1 Å². The maximum absolute atomic E-state index is 5.99. The minimum Gasteiger partial charge on any atom is -0.361 e. The lowest BCUT2D eigenvalue weighted by Crippen LogP contribution is -2.29. The van der Waals surface area contributed by atoms with Crippen LogP contribution < -0.4 is 10.6 Å². The van der Waals surface area contributed by atoms with E-state index in [1.165, 1.54) is 16.8 Å². The molecular formula is C13H17N3S. The molecule has 0 bridgehead atoms. The van der Waals surface area contributed by atoms with Gasteiger partial charge in [0, 0.05) is 24.5 Å². The van der Waals surface area contributed by atoms with Crippen LogP contribution in [-0.2, 0) is 0 Å². The fourth-order valence-corrected chi connectivity index (χ4v) is 3.40. The molecule has 2 aromatic rings. The van der Waals surface area contributed by atoms with Gasteiger partial charge in [0.2, 0.25) is 0 Å². The van der Waals surface area contributed by atoms with Crippen LogP contribution in [0, 0.1) is 5.92 Å². The van der Waals surface area contributed by atoms with E-state index in [1.807, 2.05) is 6.07 Å². The molecule has 0 aliphatic carbocycles. The number of anilines is 1. The first-order valence-electron chi connectivity index (χ1n) is 6.10. The van der Waals surface area contributed by atoms with Crippen LogP contribution in [0.5, 0.6) is 0 Å². The Morgan fingerprint density at radius 3 is 3.06 bits per heavy atom. The Balaban J connectivity index is 1.90. The Morgan fingerprint density at radius 2 is 2.29 bits per heavy atom. The fraction of sp³-hybridized carbons (Fsp3) is 0.462. The molecule has 0 amide bonds. The van der Waals surface area contributed by atoms with Gasteiger partial charge in [0.15, 0.2) is 0 Å². The molecule has 2 unspecified atom stereocenters. The molecule has 3 nitrogen and oxygen atoms in total. The van der Waals surface area contributed by atoms with Crippen molar-refractivity contribution in [3.8, 4) is 0 Å². The maximum atomic E-state index is 5.99. The van der Waals surface area contributed by atoms with E-state index in [4.69, 9.17) is 5.73 Å². The smallest absolute Gasteiger partial charge is 0.119 e. The standard InChI is InChI=1S/C13H17N3S/c1-9(14)10-6-7-16(8-10)13-11-4-2-3-5-12(11)15-17-13/h2-5,9-10H,6-8,14H2,1H3. The van der Waals surface area contributed by atoms with Crippen molar-refractivity contribution in [1.82, 2.24) is 4.37 Å². The third-order valence-corrected chi connectivity index (χ3v) is 4.56. The lowest BCUT2D eigenvalue weighted by Gasteiger charge is -2.18. The van der Waals surface area contributed by atoms with Crippen molar-refractivity contribution < 1.29 is 0 Å². The van der Waals surface area contributed by atoms with Gasteiger partial charge in [0.1, 0.15) is 5.00 Å². The van der Waals surface area contributed by atoms with Crippen LogP contribution in [0.4, 0.5) is 5.00 Å². The SMILES string of the molecule is CC(N)C1CCN(c2snc3ccccc23)C1. The fourth-order valence-electron chi connectivity index (χ4n) is 2.50. The van der Waals surface area contributed by atoms with Gasteiger partial charge in [-0.15, -0.1) is 0 Å². The number of aromatic nitrogens is 1. The van der Waals surface area contributed by atoms with Crippen LogP contribution in [0.3, 0.4) is 0 Å². The van der Waals surface area contributed by atoms with Gasteiger partial charge in [-0.3, -0.25) is 0 Å². The molecule has 1 saturated heterocycles. The largest absolute Gasteiger partial charge is 0.361 e. The zero-order chi connectivity index (χ0) is 11.8. The van der Waals surface area contributed by atoms with Crippen molar-refractivity contribution in [3.63, 3.8) is 0 Å². The Bertz CT molecular complexity index is 520. The first-order valence-corrected chi connectivity index (χ1v) is 6.88. The molecule has 1 aromatic carbocycles. The first kappa shape index (κ1) is 11.0. The summed E-state index contributed by atoms with van der Waals surface area (Å²) < 4.78 is 4.50. The lowest BCUT2D eigenvalue weighted by molar-refractivity contribution is 0.488. The maximum Gasteiger partial charge on any atom is 0.119 e. The summed E-state index contributed by atoms with van der Waals surface area (Å²) in [6.45, 7) is 4.29. The van der Waals surface area contributed by atoms with Crippen molar-refractivity contribution in [3.05, 3.63) is 24.3 Å². The molecular weight excluding hydrogens is 230 g/mol. The highest BCUT2D eigenvalue weighted by Gasteiger charge is 2.27. The molecule has 2 heterocycles. The molecule has 0 spiro atoms. The van der Waals surface area contributed by atoms with E-state index >= 15 is 0 Å². The predicted octanol–water partition coefficient (Wildman–Crippen LogP) is 2.47. The zero-order valence-electron chi connectivity index (χ0n) is 9.97. The predicted molar refractivity (Wildman–Crippen MR) is 73.6 cm³/mol. The van der Waals surface area contributed by atoms with Gasteiger partial charge < -0.3 is 10.6 Å². The molecule has 17 heavy (non-hydrogen) atoms. The molecule has 0 saturated carbocycles. The molecule has 3 rings (SSSR count). The van der Waals surface area contributed by atoms with Crippen LogP contribution in [0.25, 0.3) is 10.9 Å². The zero-order valence-corrected chi connectivity index (χ0v) is 10.8. The van der Waals surface area contributed by atoms with E-state index < -0.39 is 0 Å². The summed E-state index contributed by atoms with van der Waals surface area (Å²) in [5.74, 6) is 0.621. The Morgan fingerprint density at radius 1 is 1.47 bits per heavy atom. The summed E-state index contributed by atoms with van der Waals surface area (Å²) in [6.07, 6.45) is 1.20. The number of fused-ring (bicyclic) bond motifs is 1. The number of nitrogens with zero attached hydrogens (tertiary/aromatic N) is 2. The highest BCUT2D eigenvalue weighted by molar-refractivity contribution is 7.11. The molecule has 1 aliphatic heterocycles. The first-order chi connectivity index (χ1) is 8.25. The van der Waals surface area contributed by atoms with Gasteiger partial charge >= 0.3 is 0 Å². The quantitative estimate of drug-likeness (QED) is 0.886. The van der Waals surface area contributed by atoms with Crippen LogP contribution >= 0.6 is 11.5 Å². The summed E-state index contributed by atoms with van der Waals surface area (Å²) in [5, 5.41) is 2.59. The molecule has 2 atom stereocenters. The second kappa shape index (κ2) is 4.27. The molecule has 1 fully saturated rings. The van der Waals surface area contributed by atoms with Crippen molar-refractivity contribution in [2.24, 2.45) is 11.7 Å². The number of hydrogen-bond acceptors (Lipinski definition) is 4. The Hall–Kier alpha value is -1.13. The molecule has 1 aromatic heterocycles. The average Bonchev–Trinajstić information content (AvgIpc) is 2.95. The summed E-state index contributed by atoms with van der Waals surface area (Å²) in [6, 6.07) is 8.65. The van der Waals surface area contributed by atoms with E-state index in [0.29, 0.717) is 12.0 Å². The normalized spacial score (nSPS) is 22.2. The van der Waals surface area contributed by atoms with Gasteiger partial charge in [0.05, 0.1) is 5.52 Å². The average molecular weight is 247 g/mol. The van der Waals surface area contributed by atoms with Gasteiger partial charge in [-0.25, -0.2) is 0 Å². The molecule has 4 heteroatoms. The van der Waals surface area contributed by atoms with Gasteiger partial charge in [-0.05, 0) is 42.9 Å². The minimum atomic E-state index is 0.291. The lowest BCUT2D eigenvalue weighted by atomic mass is 10.0. The second-order valence-corrected chi connectivity index (χ2v) is 5.61. The summed E-state index contributed by atoms with van der Waals surface area (Å²) >= 11 is 1.61. The number of nitrogens with two attached hydrogens (primary N) is 1. The highest BCUT2D eigenvalue weighted by Crippen LogP contribution is 2.34. The van der Waals surface area contributed by atoms with Crippen molar-refractivity contribution in [1.29, 1.82) is 0 Å². The third kappa shape index (κ3) is 1.91. The van der Waals surface area contributed by atoms with Gasteiger partial charge in [-0.2, -0.15) is 4.37 Å². The van der Waals surface area contributed by atoms with Crippen LogP contribution in [0.2, 0.25) is 0 Å². The van der Waals surface area contributed by atoms with Crippen LogP contribution in [-0.4, -0.2) is 23.5 Å². The molecule has 0 radical (unpaired) electrons. The minimum absolute atomic E-state index is 0.291. The molecule has 90 valence electrons. The third-order valence-electron chi connectivity index (χ3n) is 3.62. The van der Waals surface area contributed by atoms with Crippen LogP contribution in [0.15, 0.2) is 24.3 Å². The van der Waals surface area contributed by atoms with Crippen molar-refractivity contribution >= 4 is 27.4 Å². The van der Waals surface area contributed by atoms with Crippen LogP contribution in [0.1, 0.15) is 13.3 Å². The Kier molecular flexibility index (Phi) is 2.76. The molecule has 1 aliphatic rings. The van der Waals surface area contributed by atoms with Gasteiger partial charge in [-0.1, -0.05) is 12.1 Å².